The molecule has 0 unspecified atom stereocenters. The molecule has 1 aromatic heterocycles. The number of aryl methyl sites for hydroxylation is 1. The van der Waals surface area contributed by atoms with Crippen LogP contribution in [0.1, 0.15) is 34.2 Å². The third-order valence-corrected chi connectivity index (χ3v) is 5.85. The molecule has 2 aromatic carbocycles. The number of halogens is 4. The van der Waals surface area contributed by atoms with Gasteiger partial charge in [0.05, 0.1) is 18.3 Å². The fraction of sp³-hybridized carbons (Fsp3) is 0.320. The summed E-state index contributed by atoms with van der Waals surface area (Å²) >= 11 is 0. The molecule has 0 N–H and O–H groups in total. The van der Waals surface area contributed by atoms with E-state index in [0.717, 1.165) is 40.8 Å². The first-order chi connectivity index (χ1) is 14.8. The fourth-order valence-electron chi connectivity index (χ4n) is 4.20. The van der Waals surface area contributed by atoms with Gasteiger partial charge in [0.15, 0.2) is 0 Å². The number of pyridine rings is 1. The van der Waals surface area contributed by atoms with E-state index in [-0.39, 0.29) is 12.4 Å². The molecular weight excluding hydrogens is 404 g/mol. The molecule has 0 radical (unpaired) electrons. The van der Waals surface area contributed by atoms with Crippen LogP contribution in [0.4, 0.5) is 17.6 Å². The summed E-state index contributed by atoms with van der Waals surface area (Å²) in [5.74, 6) is -0.363. The largest absolute Gasteiger partial charge is 0.390 e. The minimum absolute atomic E-state index is 0.0408. The second kappa shape index (κ2) is 8.79. The molecule has 0 saturated carbocycles. The van der Waals surface area contributed by atoms with Crippen molar-refractivity contribution in [2.75, 3.05) is 13.1 Å². The van der Waals surface area contributed by atoms with Crippen LogP contribution in [0.25, 0.3) is 11.3 Å². The van der Waals surface area contributed by atoms with E-state index < -0.39 is 12.6 Å². The molecule has 31 heavy (non-hydrogen) atoms. The van der Waals surface area contributed by atoms with Crippen LogP contribution in [0.5, 0.6) is 0 Å². The Morgan fingerprint density at radius 3 is 2.65 bits per heavy atom. The van der Waals surface area contributed by atoms with Crippen molar-refractivity contribution in [1.82, 2.24) is 9.88 Å². The monoisotopic (exact) mass is 428 g/mol. The molecule has 1 aliphatic heterocycles. The first kappa shape index (κ1) is 21.5. The van der Waals surface area contributed by atoms with Crippen molar-refractivity contribution < 1.29 is 17.6 Å². The summed E-state index contributed by atoms with van der Waals surface area (Å²) in [5, 5.41) is 0. The van der Waals surface area contributed by atoms with Crippen LogP contribution < -0.4 is 0 Å². The maximum atomic E-state index is 13.2. The topological polar surface area (TPSA) is 16.1 Å². The normalized spacial score (nSPS) is 14.5. The van der Waals surface area contributed by atoms with E-state index in [1.807, 2.05) is 30.0 Å². The first-order valence-corrected chi connectivity index (χ1v) is 10.4. The van der Waals surface area contributed by atoms with Gasteiger partial charge < -0.3 is 0 Å². The lowest BCUT2D eigenvalue weighted by molar-refractivity contribution is -0.138. The first-order valence-electron chi connectivity index (χ1n) is 10.4. The van der Waals surface area contributed by atoms with Gasteiger partial charge in [-0.25, -0.2) is 4.39 Å². The number of aromatic nitrogens is 1. The third kappa shape index (κ3) is 5.31. The van der Waals surface area contributed by atoms with E-state index in [2.05, 4.69) is 23.2 Å². The molecule has 0 atom stereocenters. The Kier molecular flexibility index (Phi) is 6.10. The lowest BCUT2D eigenvalue weighted by Gasteiger charge is -2.30. The van der Waals surface area contributed by atoms with Crippen molar-refractivity contribution in [2.45, 2.75) is 38.9 Å². The summed E-state index contributed by atoms with van der Waals surface area (Å²) in [6.07, 6.45) is -2.18. The molecule has 0 amide bonds. The molecule has 0 aliphatic carbocycles. The summed E-state index contributed by atoms with van der Waals surface area (Å²) in [5.41, 5.74) is 7.45. The molecule has 2 nitrogen and oxygen atoms in total. The summed E-state index contributed by atoms with van der Waals surface area (Å²) in [6.45, 7) is 3.24. The van der Waals surface area contributed by atoms with Gasteiger partial charge in [0.1, 0.15) is 5.82 Å². The predicted octanol–water partition coefficient (Wildman–Crippen LogP) is 6.10. The smallest absolute Gasteiger partial charge is 0.298 e. The highest BCUT2D eigenvalue weighted by Gasteiger charge is 2.29. The van der Waals surface area contributed by atoms with Crippen molar-refractivity contribution in [3.63, 3.8) is 0 Å². The summed E-state index contributed by atoms with van der Waals surface area (Å²) in [6, 6.07) is 15.4. The molecule has 162 valence electrons. The van der Waals surface area contributed by atoms with Gasteiger partial charge in [-0.15, -0.1) is 0 Å². The van der Waals surface area contributed by atoms with E-state index in [9.17, 15) is 17.6 Å². The molecule has 4 rings (SSSR count). The number of fused-ring (bicyclic) bond motifs is 1. The average Bonchev–Trinajstić information content (AvgIpc) is 2.74. The van der Waals surface area contributed by atoms with Crippen molar-refractivity contribution in [3.8, 4) is 11.3 Å². The zero-order valence-electron chi connectivity index (χ0n) is 17.3. The minimum atomic E-state index is -4.12. The predicted molar refractivity (Wildman–Crippen MR) is 113 cm³/mol. The van der Waals surface area contributed by atoms with Crippen molar-refractivity contribution >= 4 is 0 Å². The summed E-state index contributed by atoms with van der Waals surface area (Å²) < 4.78 is 50.9. The van der Waals surface area contributed by atoms with Crippen LogP contribution in [0.15, 0.2) is 54.7 Å². The van der Waals surface area contributed by atoms with Crippen LogP contribution in [0.3, 0.4) is 0 Å². The van der Waals surface area contributed by atoms with E-state index in [1.165, 1.54) is 23.4 Å². The molecule has 0 spiro atoms. The number of nitrogens with zero attached hydrogens (tertiary/aromatic N) is 2. The zero-order valence-corrected chi connectivity index (χ0v) is 17.3. The SMILES string of the molecule is Cc1ccc(Cc2cccc3c2CCN(CCC(F)(F)F)C3)cc1-c1ccc(F)cn1. The third-order valence-electron chi connectivity index (χ3n) is 5.85. The van der Waals surface area contributed by atoms with E-state index >= 15 is 0 Å². The van der Waals surface area contributed by atoms with Gasteiger partial charge in [0.2, 0.25) is 0 Å². The Bertz CT molecular complexity index is 1060. The molecule has 3 aromatic rings. The second-order valence-corrected chi connectivity index (χ2v) is 8.13. The van der Waals surface area contributed by atoms with Gasteiger partial charge >= 0.3 is 6.18 Å². The van der Waals surface area contributed by atoms with E-state index in [0.29, 0.717) is 13.1 Å². The van der Waals surface area contributed by atoms with Crippen molar-refractivity contribution in [1.29, 1.82) is 0 Å². The zero-order chi connectivity index (χ0) is 22.0. The number of benzene rings is 2. The maximum Gasteiger partial charge on any atom is 0.390 e. The van der Waals surface area contributed by atoms with Crippen LogP contribution in [-0.4, -0.2) is 29.1 Å². The van der Waals surface area contributed by atoms with E-state index in [4.69, 9.17) is 0 Å². The number of hydrogen-bond acceptors (Lipinski definition) is 2. The molecule has 0 bridgehead atoms. The molecule has 0 saturated heterocycles. The van der Waals surface area contributed by atoms with Gasteiger partial charge in [-0.2, -0.15) is 13.2 Å². The van der Waals surface area contributed by atoms with Crippen LogP contribution in [0.2, 0.25) is 0 Å². The number of rotatable bonds is 5. The highest BCUT2D eigenvalue weighted by Crippen LogP contribution is 2.28. The van der Waals surface area contributed by atoms with Crippen LogP contribution >= 0.6 is 0 Å². The van der Waals surface area contributed by atoms with Gasteiger partial charge in [0.25, 0.3) is 0 Å². The maximum absolute atomic E-state index is 13.2. The Morgan fingerprint density at radius 1 is 1.06 bits per heavy atom. The summed E-state index contributed by atoms with van der Waals surface area (Å²) in [7, 11) is 0. The Morgan fingerprint density at radius 2 is 1.90 bits per heavy atom. The number of hydrogen-bond donors (Lipinski definition) is 0. The second-order valence-electron chi connectivity index (χ2n) is 8.13. The lowest BCUT2D eigenvalue weighted by atomic mass is 9.90. The van der Waals surface area contributed by atoms with Gasteiger partial charge in [-0.3, -0.25) is 9.88 Å². The van der Waals surface area contributed by atoms with Gasteiger partial charge in [-0.05, 0) is 65.8 Å². The molecule has 0 fully saturated rings. The Hall–Kier alpha value is -2.73. The van der Waals surface area contributed by atoms with Crippen molar-refractivity contribution in [3.05, 3.63) is 88.4 Å². The van der Waals surface area contributed by atoms with Crippen LogP contribution in [0, 0.1) is 12.7 Å². The Labute approximate surface area is 179 Å². The summed E-state index contributed by atoms with van der Waals surface area (Å²) in [4.78, 5) is 6.09. The van der Waals surface area contributed by atoms with Crippen LogP contribution in [-0.2, 0) is 19.4 Å². The van der Waals surface area contributed by atoms with Crippen molar-refractivity contribution in [2.24, 2.45) is 0 Å². The highest BCUT2D eigenvalue weighted by atomic mass is 19.4. The Balaban J connectivity index is 1.54. The molecule has 6 heteroatoms. The van der Waals surface area contributed by atoms with E-state index in [1.54, 1.807) is 6.07 Å². The molecule has 1 aliphatic rings. The minimum Gasteiger partial charge on any atom is -0.298 e. The fourth-order valence-corrected chi connectivity index (χ4v) is 4.20. The lowest BCUT2D eigenvalue weighted by Crippen LogP contribution is -2.33. The van der Waals surface area contributed by atoms with Gasteiger partial charge in [-0.1, -0.05) is 30.3 Å². The standard InChI is InChI=1S/C25H24F4N2/c1-17-5-6-18(14-23(17)24-8-7-21(26)15-30-24)13-19-3-2-4-20-16-31(11-9-22(19)20)12-10-25(27,28)29/h2-8,14-15H,9-13,16H2,1H3. The number of alkyl halides is 3. The molecular formula is C25H24F4N2. The average molecular weight is 428 g/mol. The van der Waals surface area contributed by atoms with Gasteiger partial charge in [0, 0.05) is 25.2 Å². The quantitative estimate of drug-likeness (QED) is 0.457. The molecule has 2 heterocycles. The highest BCUT2D eigenvalue weighted by molar-refractivity contribution is 5.64.